The van der Waals surface area contributed by atoms with Crippen molar-refractivity contribution in [3.05, 3.63) is 46.0 Å². The number of nitrogens with two attached hydrogens (primary N) is 1. The van der Waals surface area contributed by atoms with Crippen molar-refractivity contribution in [2.24, 2.45) is 0 Å². The molecule has 1 amide bonds. The lowest BCUT2D eigenvalue weighted by atomic mass is 9.97. The number of aryl methyl sites for hydroxylation is 1. The molecule has 0 spiro atoms. The lowest BCUT2D eigenvalue weighted by Gasteiger charge is -2.22. The minimum Gasteiger partial charge on any atom is -0.375 e. The summed E-state index contributed by atoms with van der Waals surface area (Å²) in [6, 6.07) is 8.86. The van der Waals surface area contributed by atoms with Crippen LogP contribution >= 0.6 is 11.3 Å². The summed E-state index contributed by atoms with van der Waals surface area (Å²) >= 11 is 1.50. The molecule has 1 aromatic carbocycles. The van der Waals surface area contributed by atoms with Gasteiger partial charge < -0.3 is 11.1 Å². The Kier molecular flexibility index (Phi) is 3.59. The molecule has 1 aliphatic carbocycles. The van der Waals surface area contributed by atoms with E-state index in [1.54, 1.807) is 24.3 Å². The molecule has 1 aromatic heterocycles. The topological polar surface area (TPSA) is 91.8 Å². The predicted octanol–water partition coefficient (Wildman–Crippen LogP) is 1.88. The van der Waals surface area contributed by atoms with Gasteiger partial charge in [0.05, 0.1) is 17.3 Å². The Balaban J connectivity index is 1.70. The number of rotatable bonds is 2. The van der Waals surface area contributed by atoms with Crippen LogP contribution in [0.3, 0.4) is 0 Å². The number of nitrogens with zero attached hydrogens (tertiary/aromatic N) is 2. The van der Waals surface area contributed by atoms with Gasteiger partial charge in [-0.2, -0.15) is 5.26 Å². The van der Waals surface area contributed by atoms with Crippen LogP contribution < -0.4 is 11.1 Å². The van der Waals surface area contributed by atoms with E-state index < -0.39 is 0 Å². The number of nitrogen functional groups attached to an aromatic ring is 1. The van der Waals surface area contributed by atoms with E-state index >= 15 is 0 Å². The lowest BCUT2D eigenvalue weighted by molar-refractivity contribution is 0.0933. The van der Waals surface area contributed by atoms with Crippen molar-refractivity contribution >= 4 is 22.4 Å². The number of anilines is 1. The first-order valence-corrected chi connectivity index (χ1v) is 7.52. The molecule has 3 N–H and O–H groups in total. The SMILES string of the molecule is N#Cc1cccc(C(=O)NC2CCc3nc(N)sc3C2)c1. The highest BCUT2D eigenvalue weighted by molar-refractivity contribution is 7.15. The van der Waals surface area contributed by atoms with Gasteiger partial charge in [-0.25, -0.2) is 4.98 Å². The average molecular weight is 298 g/mol. The molecule has 0 aliphatic heterocycles. The molecule has 2 aromatic rings. The normalized spacial score (nSPS) is 16.8. The van der Waals surface area contributed by atoms with Crippen LogP contribution in [0.1, 0.15) is 32.9 Å². The highest BCUT2D eigenvalue weighted by Crippen LogP contribution is 2.28. The second-order valence-electron chi connectivity index (χ2n) is 5.03. The monoisotopic (exact) mass is 298 g/mol. The van der Waals surface area contributed by atoms with Crippen LogP contribution in [-0.4, -0.2) is 16.9 Å². The molecule has 0 saturated carbocycles. The molecule has 6 heteroatoms. The van der Waals surface area contributed by atoms with Gasteiger partial charge >= 0.3 is 0 Å². The van der Waals surface area contributed by atoms with Gasteiger partial charge in [0.2, 0.25) is 0 Å². The summed E-state index contributed by atoms with van der Waals surface area (Å²) in [6.07, 6.45) is 2.47. The third kappa shape index (κ3) is 2.88. The van der Waals surface area contributed by atoms with Crippen LogP contribution in [0.2, 0.25) is 0 Å². The van der Waals surface area contributed by atoms with Crippen molar-refractivity contribution in [1.29, 1.82) is 5.26 Å². The van der Waals surface area contributed by atoms with Gasteiger partial charge in [0, 0.05) is 22.9 Å². The number of thiazole rings is 1. The molecule has 1 atom stereocenters. The van der Waals surface area contributed by atoms with E-state index in [4.69, 9.17) is 11.0 Å². The molecule has 0 fully saturated rings. The Morgan fingerprint density at radius 2 is 2.38 bits per heavy atom. The number of aromatic nitrogens is 1. The molecule has 106 valence electrons. The van der Waals surface area contributed by atoms with Crippen LogP contribution in [-0.2, 0) is 12.8 Å². The van der Waals surface area contributed by atoms with Crippen LogP contribution in [0.5, 0.6) is 0 Å². The molecule has 3 rings (SSSR count). The minimum atomic E-state index is -0.141. The van der Waals surface area contributed by atoms with Crippen LogP contribution in [0.4, 0.5) is 5.13 Å². The van der Waals surface area contributed by atoms with E-state index in [0.29, 0.717) is 16.3 Å². The first-order chi connectivity index (χ1) is 10.2. The van der Waals surface area contributed by atoms with Crippen LogP contribution in [0.15, 0.2) is 24.3 Å². The predicted molar refractivity (Wildman–Crippen MR) is 81.0 cm³/mol. The van der Waals surface area contributed by atoms with Crippen molar-refractivity contribution < 1.29 is 4.79 Å². The fourth-order valence-corrected chi connectivity index (χ4v) is 3.48. The van der Waals surface area contributed by atoms with E-state index in [9.17, 15) is 4.79 Å². The molecular formula is C15H14N4OS. The quantitative estimate of drug-likeness (QED) is 0.885. The highest BCUT2D eigenvalue weighted by Gasteiger charge is 2.23. The second kappa shape index (κ2) is 5.54. The Morgan fingerprint density at radius 1 is 1.52 bits per heavy atom. The zero-order valence-corrected chi connectivity index (χ0v) is 12.1. The van der Waals surface area contributed by atoms with E-state index in [1.807, 2.05) is 6.07 Å². The zero-order chi connectivity index (χ0) is 14.8. The summed E-state index contributed by atoms with van der Waals surface area (Å²) in [5, 5.41) is 12.5. The van der Waals surface area contributed by atoms with Crippen molar-refractivity contribution in [2.75, 3.05) is 5.73 Å². The minimum absolute atomic E-state index is 0.0931. The number of carbonyl (C=O) groups is 1. The largest absolute Gasteiger partial charge is 0.375 e. The van der Waals surface area contributed by atoms with E-state index in [1.165, 1.54) is 11.3 Å². The Morgan fingerprint density at radius 3 is 3.19 bits per heavy atom. The van der Waals surface area contributed by atoms with Gasteiger partial charge in [-0.15, -0.1) is 11.3 Å². The number of hydrogen-bond acceptors (Lipinski definition) is 5. The van der Waals surface area contributed by atoms with Gasteiger partial charge in [-0.1, -0.05) is 6.07 Å². The smallest absolute Gasteiger partial charge is 0.251 e. The van der Waals surface area contributed by atoms with E-state index in [-0.39, 0.29) is 11.9 Å². The summed E-state index contributed by atoms with van der Waals surface area (Å²) in [5.41, 5.74) is 7.79. The van der Waals surface area contributed by atoms with Gasteiger partial charge in [0.1, 0.15) is 0 Å². The number of hydrogen-bond donors (Lipinski definition) is 2. The van der Waals surface area contributed by atoms with Crippen LogP contribution in [0, 0.1) is 11.3 Å². The van der Waals surface area contributed by atoms with Crippen molar-refractivity contribution in [2.45, 2.75) is 25.3 Å². The standard InChI is InChI=1S/C15H14N4OS/c16-8-9-2-1-3-10(6-9)14(20)18-11-4-5-12-13(7-11)21-15(17)19-12/h1-3,6,11H,4-5,7H2,(H2,17,19)(H,18,20). The maximum atomic E-state index is 12.2. The van der Waals surface area contributed by atoms with Gasteiger partial charge in [-0.05, 0) is 31.0 Å². The van der Waals surface area contributed by atoms with Crippen LogP contribution in [0.25, 0.3) is 0 Å². The molecule has 1 unspecified atom stereocenters. The van der Waals surface area contributed by atoms with Crippen molar-refractivity contribution in [3.8, 4) is 6.07 Å². The number of amides is 1. The maximum absolute atomic E-state index is 12.2. The molecule has 1 heterocycles. The summed E-state index contributed by atoms with van der Waals surface area (Å²) in [6.45, 7) is 0. The van der Waals surface area contributed by atoms with E-state index in [0.717, 1.165) is 29.8 Å². The summed E-state index contributed by atoms with van der Waals surface area (Å²) < 4.78 is 0. The van der Waals surface area contributed by atoms with Gasteiger partial charge in [0.25, 0.3) is 5.91 Å². The third-order valence-corrected chi connectivity index (χ3v) is 4.49. The number of nitriles is 1. The number of nitrogens with one attached hydrogen (secondary N) is 1. The first kappa shape index (κ1) is 13.6. The van der Waals surface area contributed by atoms with Gasteiger partial charge in [-0.3, -0.25) is 4.79 Å². The molecule has 5 nitrogen and oxygen atoms in total. The molecule has 0 saturated heterocycles. The van der Waals surface area contributed by atoms with Crippen molar-refractivity contribution in [3.63, 3.8) is 0 Å². The molecule has 0 radical (unpaired) electrons. The first-order valence-electron chi connectivity index (χ1n) is 6.71. The maximum Gasteiger partial charge on any atom is 0.251 e. The second-order valence-corrected chi connectivity index (χ2v) is 6.14. The fourth-order valence-electron chi connectivity index (χ4n) is 2.52. The molecule has 1 aliphatic rings. The van der Waals surface area contributed by atoms with Crippen molar-refractivity contribution in [1.82, 2.24) is 10.3 Å². The average Bonchev–Trinajstić information content (AvgIpc) is 2.86. The Bertz CT molecular complexity index is 732. The lowest BCUT2D eigenvalue weighted by Crippen LogP contribution is -2.38. The Hall–Kier alpha value is -2.39. The molecule has 0 bridgehead atoms. The highest BCUT2D eigenvalue weighted by atomic mass is 32.1. The number of carbonyl (C=O) groups excluding carboxylic acids is 1. The summed E-state index contributed by atoms with van der Waals surface area (Å²) in [4.78, 5) is 17.7. The Labute approximate surface area is 126 Å². The zero-order valence-electron chi connectivity index (χ0n) is 11.3. The summed E-state index contributed by atoms with van der Waals surface area (Å²) in [5.74, 6) is -0.141. The third-order valence-electron chi connectivity index (χ3n) is 3.55. The number of benzene rings is 1. The van der Waals surface area contributed by atoms with Gasteiger partial charge in [0.15, 0.2) is 5.13 Å². The number of fused-ring (bicyclic) bond motifs is 1. The van der Waals surface area contributed by atoms with E-state index in [2.05, 4.69) is 10.3 Å². The molecule has 21 heavy (non-hydrogen) atoms. The molecular weight excluding hydrogens is 284 g/mol. The summed E-state index contributed by atoms with van der Waals surface area (Å²) in [7, 11) is 0. The fraction of sp³-hybridized carbons (Fsp3) is 0.267.